The van der Waals surface area contributed by atoms with Crippen molar-refractivity contribution in [3.63, 3.8) is 0 Å². The Morgan fingerprint density at radius 1 is 1.06 bits per heavy atom. The van der Waals surface area contributed by atoms with E-state index in [1.54, 1.807) is 29.2 Å². The first-order valence-electron chi connectivity index (χ1n) is 10.0. The zero-order valence-electron chi connectivity index (χ0n) is 16.7. The Balaban J connectivity index is 1.29. The zero-order chi connectivity index (χ0) is 22.0. The molecule has 2 heterocycles. The van der Waals surface area contributed by atoms with Crippen LogP contribution >= 0.6 is 0 Å². The van der Waals surface area contributed by atoms with E-state index in [1.807, 2.05) is 0 Å². The van der Waals surface area contributed by atoms with Gasteiger partial charge >= 0.3 is 6.03 Å². The Labute approximate surface area is 178 Å². The van der Waals surface area contributed by atoms with Crippen LogP contribution in [0.25, 0.3) is 0 Å². The third kappa shape index (κ3) is 4.57. The molecule has 2 aliphatic rings. The molecule has 10 heteroatoms. The maximum Gasteiger partial charge on any atom is 0.317 e. The first-order valence-corrected chi connectivity index (χ1v) is 10.0. The minimum Gasteiger partial charge on any atom is -0.368 e. The molecule has 0 radical (unpaired) electrons. The molecular weight excluding hydrogens is 405 g/mol. The SMILES string of the molecule is O=C(N[C@H]1CC(=O)N(c2cccc(F)c2)C1)N1CCN(c2ccc([N+](=O)[O-])cc2)CC1. The number of nitro benzene ring substituents is 1. The average molecular weight is 427 g/mol. The van der Waals surface area contributed by atoms with E-state index in [9.17, 15) is 24.1 Å². The Morgan fingerprint density at radius 2 is 1.77 bits per heavy atom. The lowest BCUT2D eigenvalue weighted by Gasteiger charge is -2.36. The molecule has 2 fully saturated rings. The van der Waals surface area contributed by atoms with E-state index < -0.39 is 10.7 Å². The van der Waals surface area contributed by atoms with E-state index in [2.05, 4.69) is 10.2 Å². The van der Waals surface area contributed by atoms with Gasteiger partial charge in [0, 0.05) is 62.7 Å². The molecule has 4 rings (SSSR count). The van der Waals surface area contributed by atoms with Crippen molar-refractivity contribution < 1.29 is 18.9 Å². The number of halogens is 1. The highest BCUT2D eigenvalue weighted by Gasteiger charge is 2.33. The van der Waals surface area contributed by atoms with E-state index in [-0.39, 0.29) is 30.1 Å². The van der Waals surface area contributed by atoms with Crippen molar-refractivity contribution in [3.05, 3.63) is 64.5 Å². The fraction of sp³-hybridized carbons (Fsp3) is 0.333. The summed E-state index contributed by atoms with van der Waals surface area (Å²) in [6.45, 7) is 2.50. The van der Waals surface area contributed by atoms with Crippen molar-refractivity contribution in [2.45, 2.75) is 12.5 Å². The number of anilines is 2. The molecule has 0 spiro atoms. The zero-order valence-corrected chi connectivity index (χ0v) is 16.7. The summed E-state index contributed by atoms with van der Waals surface area (Å²) in [7, 11) is 0. The second-order valence-corrected chi connectivity index (χ2v) is 7.58. The first-order chi connectivity index (χ1) is 14.9. The Kier molecular flexibility index (Phi) is 5.70. The Morgan fingerprint density at radius 3 is 2.42 bits per heavy atom. The Hall–Kier alpha value is -3.69. The van der Waals surface area contributed by atoms with Crippen LogP contribution in [0.4, 0.5) is 26.2 Å². The van der Waals surface area contributed by atoms with Gasteiger partial charge in [-0.3, -0.25) is 14.9 Å². The van der Waals surface area contributed by atoms with Gasteiger partial charge in [-0.2, -0.15) is 0 Å². The highest BCUT2D eigenvalue weighted by Crippen LogP contribution is 2.23. The van der Waals surface area contributed by atoms with Crippen LogP contribution in [0.1, 0.15) is 6.42 Å². The van der Waals surface area contributed by atoms with Crippen molar-refractivity contribution in [2.75, 3.05) is 42.5 Å². The molecular formula is C21H22FN5O4. The number of hydrogen-bond donors (Lipinski definition) is 1. The Bertz CT molecular complexity index is 992. The molecule has 0 aliphatic carbocycles. The summed E-state index contributed by atoms with van der Waals surface area (Å²) in [5.41, 5.74) is 1.40. The van der Waals surface area contributed by atoms with Gasteiger partial charge in [0.25, 0.3) is 5.69 Å². The molecule has 2 aromatic rings. The molecule has 2 aromatic carbocycles. The summed E-state index contributed by atoms with van der Waals surface area (Å²) in [6, 6.07) is 11.6. The van der Waals surface area contributed by atoms with Gasteiger partial charge in [0.1, 0.15) is 5.82 Å². The molecule has 31 heavy (non-hydrogen) atoms. The smallest absolute Gasteiger partial charge is 0.317 e. The number of benzene rings is 2. The van der Waals surface area contributed by atoms with Crippen molar-refractivity contribution >= 4 is 29.0 Å². The predicted molar refractivity (Wildman–Crippen MR) is 113 cm³/mol. The van der Waals surface area contributed by atoms with Gasteiger partial charge in [0.05, 0.1) is 11.0 Å². The lowest BCUT2D eigenvalue weighted by Crippen LogP contribution is -2.53. The van der Waals surface area contributed by atoms with Crippen LogP contribution in [0.5, 0.6) is 0 Å². The van der Waals surface area contributed by atoms with Crippen molar-refractivity contribution in [1.29, 1.82) is 0 Å². The second kappa shape index (κ2) is 8.58. The minimum atomic E-state index is -0.435. The molecule has 0 bridgehead atoms. The summed E-state index contributed by atoms with van der Waals surface area (Å²) in [6.07, 6.45) is 0.172. The molecule has 0 saturated carbocycles. The summed E-state index contributed by atoms with van der Waals surface area (Å²) in [5.74, 6) is -0.567. The van der Waals surface area contributed by atoms with Crippen LogP contribution in [-0.2, 0) is 4.79 Å². The molecule has 9 nitrogen and oxygen atoms in total. The highest BCUT2D eigenvalue weighted by molar-refractivity contribution is 5.96. The van der Waals surface area contributed by atoms with Crippen LogP contribution in [0.3, 0.4) is 0 Å². The van der Waals surface area contributed by atoms with Crippen LogP contribution in [0.15, 0.2) is 48.5 Å². The molecule has 0 aromatic heterocycles. The third-order valence-corrected chi connectivity index (χ3v) is 5.57. The molecule has 1 atom stereocenters. The number of amides is 3. The number of carbonyl (C=O) groups is 2. The number of nitrogens with zero attached hydrogens (tertiary/aromatic N) is 4. The standard InChI is InChI=1S/C21H22FN5O4/c22-15-2-1-3-19(12-15)26-14-16(13-20(26)28)23-21(29)25-10-8-24(9-11-25)17-4-6-18(7-5-17)27(30)31/h1-7,12,16H,8-11,13-14H2,(H,23,29)/t16-/m0/s1. The lowest BCUT2D eigenvalue weighted by molar-refractivity contribution is -0.384. The molecule has 162 valence electrons. The van der Waals surface area contributed by atoms with Gasteiger partial charge in [0.2, 0.25) is 5.91 Å². The van der Waals surface area contributed by atoms with Crippen LogP contribution < -0.4 is 15.1 Å². The fourth-order valence-electron chi connectivity index (χ4n) is 3.92. The molecule has 1 N–H and O–H groups in total. The topological polar surface area (TPSA) is 99.0 Å². The summed E-state index contributed by atoms with van der Waals surface area (Å²) < 4.78 is 13.5. The molecule has 0 unspecified atom stereocenters. The van der Waals surface area contributed by atoms with E-state index in [4.69, 9.17) is 0 Å². The summed E-state index contributed by atoms with van der Waals surface area (Å²) >= 11 is 0. The van der Waals surface area contributed by atoms with Crippen LogP contribution in [-0.4, -0.2) is 60.5 Å². The molecule has 2 aliphatic heterocycles. The number of non-ortho nitro benzene ring substituents is 1. The van der Waals surface area contributed by atoms with Gasteiger partial charge in [-0.05, 0) is 30.3 Å². The maximum atomic E-state index is 13.5. The number of piperazine rings is 1. The number of urea groups is 1. The number of hydrogen-bond acceptors (Lipinski definition) is 5. The number of nitro groups is 1. The third-order valence-electron chi connectivity index (χ3n) is 5.57. The van der Waals surface area contributed by atoms with Gasteiger partial charge in [0.15, 0.2) is 0 Å². The maximum absolute atomic E-state index is 13.5. The normalized spacial score (nSPS) is 18.9. The number of carbonyl (C=O) groups excluding carboxylic acids is 2. The minimum absolute atomic E-state index is 0.0418. The monoisotopic (exact) mass is 427 g/mol. The second-order valence-electron chi connectivity index (χ2n) is 7.58. The van der Waals surface area contributed by atoms with E-state index in [1.165, 1.54) is 29.2 Å². The lowest BCUT2D eigenvalue weighted by atomic mass is 10.2. The fourth-order valence-corrected chi connectivity index (χ4v) is 3.92. The van der Waals surface area contributed by atoms with Gasteiger partial charge in [-0.1, -0.05) is 6.07 Å². The average Bonchev–Trinajstić information content (AvgIpc) is 3.14. The summed E-state index contributed by atoms with van der Waals surface area (Å²) in [4.78, 5) is 40.6. The van der Waals surface area contributed by atoms with Gasteiger partial charge < -0.3 is 20.0 Å². The van der Waals surface area contributed by atoms with E-state index in [0.29, 0.717) is 38.4 Å². The van der Waals surface area contributed by atoms with E-state index >= 15 is 0 Å². The van der Waals surface area contributed by atoms with Gasteiger partial charge in [-0.15, -0.1) is 0 Å². The summed E-state index contributed by atoms with van der Waals surface area (Å²) in [5, 5.41) is 13.7. The van der Waals surface area contributed by atoms with E-state index in [0.717, 1.165) is 5.69 Å². The van der Waals surface area contributed by atoms with Crippen molar-refractivity contribution in [1.82, 2.24) is 10.2 Å². The number of rotatable bonds is 4. The number of nitrogens with one attached hydrogen (secondary N) is 1. The van der Waals surface area contributed by atoms with Crippen LogP contribution in [0.2, 0.25) is 0 Å². The highest BCUT2D eigenvalue weighted by atomic mass is 19.1. The van der Waals surface area contributed by atoms with Gasteiger partial charge in [-0.25, -0.2) is 9.18 Å². The first kappa shape index (κ1) is 20.6. The van der Waals surface area contributed by atoms with Crippen molar-refractivity contribution in [2.24, 2.45) is 0 Å². The molecule has 2 saturated heterocycles. The largest absolute Gasteiger partial charge is 0.368 e. The quantitative estimate of drug-likeness (QED) is 0.597. The predicted octanol–water partition coefficient (Wildman–Crippen LogP) is 2.37. The molecule has 3 amide bonds. The van der Waals surface area contributed by atoms with Crippen LogP contribution in [0, 0.1) is 15.9 Å². The van der Waals surface area contributed by atoms with Crippen molar-refractivity contribution in [3.8, 4) is 0 Å².